The molecule has 0 saturated heterocycles. The molecular formula is C45H38N16O4. The Morgan fingerprint density at radius 3 is 2.14 bits per heavy atom. The van der Waals surface area contributed by atoms with Crippen molar-refractivity contribution in [2.24, 2.45) is 17.4 Å². The Balaban J connectivity index is 0.872. The number of rotatable bonds is 12. The van der Waals surface area contributed by atoms with E-state index in [9.17, 15) is 19.2 Å². The number of nitrogens with zero attached hydrogens (tertiary/aromatic N) is 8. The summed E-state index contributed by atoms with van der Waals surface area (Å²) in [7, 11) is 0. The largest absolute Gasteiger partial charge is 0.366 e. The van der Waals surface area contributed by atoms with E-state index in [4.69, 9.17) is 16.5 Å². The quantitative estimate of drug-likeness (QED) is 0.0727. The summed E-state index contributed by atoms with van der Waals surface area (Å²) < 4.78 is 0. The smallest absolute Gasteiger partial charge is 0.250 e. The molecule has 0 spiro atoms. The predicted octanol–water partition coefficient (Wildman–Crippen LogP) is 5.75. The maximum atomic E-state index is 13.8. The number of carbonyl (C=O) groups is 4. The number of carbonyl (C=O) groups excluding carboxylic acids is 4. The number of aromatic nitrogens is 12. The van der Waals surface area contributed by atoms with Crippen molar-refractivity contribution >= 4 is 73.8 Å². The van der Waals surface area contributed by atoms with Crippen LogP contribution in [0.4, 0.5) is 11.5 Å². The van der Waals surface area contributed by atoms with Crippen LogP contribution in [0.2, 0.25) is 0 Å². The number of allylic oxidation sites excluding steroid dienone is 1. The fourth-order valence-corrected chi connectivity index (χ4v) is 8.07. The van der Waals surface area contributed by atoms with Crippen LogP contribution >= 0.6 is 0 Å². The predicted molar refractivity (Wildman–Crippen MR) is 241 cm³/mol. The van der Waals surface area contributed by atoms with Gasteiger partial charge in [0.1, 0.15) is 22.7 Å². The molecular weight excluding hydrogens is 829 g/mol. The average molecular weight is 867 g/mol. The van der Waals surface area contributed by atoms with Crippen LogP contribution in [-0.2, 0) is 14.4 Å². The van der Waals surface area contributed by atoms with Gasteiger partial charge in [0.2, 0.25) is 11.8 Å². The van der Waals surface area contributed by atoms with Crippen LogP contribution < -0.4 is 22.1 Å². The number of para-hydroxylation sites is 1. The lowest BCUT2D eigenvalue weighted by Crippen LogP contribution is -2.24. The fourth-order valence-electron chi connectivity index (χ4n) is 8.07. The number of amides is 4. The van der Waals surface area contributed by atoms with Crippen molar-refractivity contribution in [3.8, 4) is 45.3 Å². The average Bonchev–Trinajstić information content (AvgIpc) is 4.13. The molecule has 1 aliphatic rings. The summed E-state index contributed by atoms with van der Waals surface area (Å²) in [5.41, 5.74) is 19.7. The van der Waals surface area contributed by atoms with Gasteiger partial charge >= 0.3 is 0 Å². The first-order valence-electron chi connectivity index (χ1n) is 20.6. The van der Waals surface area contributed by atoms with Gasteiger partial charge in [-0.2, -0.15) is 10.2 Å². The molecule has 0 saturated carbocycles. The Hall–Kier alpha value is -8.94. The summed E-state index contributed by atoms with van der Waals surface area (Å²) in [6, 6.07) is 14.4. The van der Waals surface area contributed by atoms with E-state index in [0.29, 0.717) is 109 Å². The van der Waals surface area contributed by atoms with E-state index < -0.39 is 17.7 Å². The third-order valence-corrected chi connectivity index (χ3v) is 11.4. The van der Waals surface area contributed by atoms with Crippen molar-refractivity contribution in [1.29, 1.82) is 0 Å². The van der Waals surface area contributed by atoms with Gasteiger partial charge in [-0.1, -0.05) is 26.0 Å². The van der Waals surface area contributed by atoms with Gasteiger partial charge in [-0.25, -0.2) is 24.9 Å². The molecule has 0 aliphatic heterocycles. The lowest BCUT2D eigenvalue weighted by Gasteiger charge is -2.23. The van der Waals surface area contributed by atoms with Gasteiger partial charge in [-0.3, -0.25) is 34.4 Å². The maximum absolute atomic E-state index is 13.8. The highest BCUT2D eigenvalue weighted by Gasteiger charge is 2.32. The number of H-pyrrole nitrogens is 4. The minimum atomic E-state index is -0.614. The molecule has 0 fully saturated rings. The summed E-state index contributed by atoms with van der Waals surface area (Å²) in [4.78, 5) is 84.3. The molecule has 322 valence electrons. The minimum Gasteiger partial charge on any atom is -0.366 e. The summed E-state index contributed by atoms with van der Waals surface area (Å²) in [5.74, 6) is -0.916. The van der Waals surface area contributed by atoms with E-state index in [0.717, 1.165) is 16.7 Å². The van der Waals surface area contributed by atoms with Crippen molar-refractivity contribution in [1.82, 2.24) is 60.3 Å². The summed E-state index contributed by atoms with van der Waals surface area (Å²) in [5, 5.41) is 21.9. The van der Waals surface area contributed by atoms with Crippen molar-refractivity contribution < 1.29 is 19.2 Å². The zero-order valence-corrected chi connectivity index (χ0v) is 34.7. The molecule has 2 atom stereocenters. The van der Waals surface area contributed by atoms with Crippen LogP contribution in [0.1, 0.15) is 60.8 Å². The van der Waals surface area contributed by atoms with E-state index >= 15 is 0 Å². The molecule has 65 heavy (non-hydrogen) atoms. The maximum Gasteiger partial charge on any atom is 0.250 e. The number of nitrogens with two attached hydrogens (primary N) is 2. The number of imidazole rings is 2. The highest BCUT2D eigenvalue weighted by Crippen LogP contribution is 2.40. The number of nitrogens with one attached hydrogen (secondary N) is 6. The number of hydrogen-bond acceptors (Lipinski definition) is 12. The number of anilines is 2. The molecule has 9 aromatic rings. The Morgan fingerprint density at radius 2 is 1.46 bits per heavy atom. The second-order valence-electron chi connectivity index (χ2n) is 15.7. The number of primary amides is 2. The number of aromatic amines is 4. The molecule has 4 amide bonds. The molecule has 8 heterocycles. The van der Waals surface area contributed by atoms with Gasteiger partial charge in [0.25, 0.3) is 11.8 Å². The first-order chi connectivity index (χ1) is 31.5. The normalized spacial score (nSPS) is 14.0. The number of benzene rings is 1. The molecule has 0 radical (unpaired) electrons. The first-order valence-corrected chi connectivity index (χ1v) is 20.6. The van der Waals surface area contributed by atoms with Crippen LogP contribution in [0, 0.1) is 5.92 Å². The van der Waals surface area contributed by atoms with Gasteiger partial charge in [0.05, 0.1) is 45.0 Å². The van der Waals surface area contributed by atoms with Gasteiger partial charge in [0.15, 0.2) is 22.9 Å². The zero-order chi connectivity index (χ0) is 44.9. The van der Waals surface area contributed by atoms with Crippen molar-refractivity contribution in [3.63, 3.8) is 0 Å². The minimum absolute atomic E-state index is 0.132. The van der Waals surface area contributed by atoms with Crippen molar-refractivity contribution in [3.05, 3.63) is 103 Å². The molecule has 1 aromatic carbocycles. The Kier molecular flexibility index (Phi) is 9.93. The number of fused-ring (bicyclic) bond motifs is 4. The second-order valence-corrected chi connectivity index (χ2v) is 15.7. The van der Waals surface area contributed by atoms with Crippen LogP contribution in [0.3, 0.4) is 0 Å². The van der Waals surface area contributed by atoms with Gasteiger partial charge in [-0.15, -0.1) is 0 Å². The summed E-state index contributed by atoms with van der Waals surface area (Å²) in [6.07, 6.45) is 11.2. The van der Waals surface area contributed by atoms with Gasteiger partial charge in [-0.05, 0) is 55.3 Å². The molecule has 0 bridgehead atoms. The molecule has 1 aliphatic carbocycles. The molecule has 8 aromatic heterocycles. The Labute approximate surface area is 367 Å². The van der Waals surface area contributed by atoms with Crippen LogP contribution in [0.15, 0.2) is 85.6 Å². The molecule has 10 rings (SSSR count). The van der Waals surface area contributed by atoms with Gasteiger partial charge < -0.3 is 32.1 Å². The third kappa shape index (κ3) is 7.47. The molecule has 20 nitrogen and oxygen atoms in total. The molecule has 10 N–H and O–H groups in total. The highest BCUT2D eigenvalue weighted by molar-refractivity contribution is 6.19. The lowest BCUT2D eigenvalue weighted by molar-refractivity contribution is -0.120. The van der Waals surface area contributed by atoms with E-state index in [1.807, 2.05) is 31.2 Å². The molecule has 2 unspecified atom stereocenters. The molecule has 20 heteroatoms. The van der Waals surface area contributed by atoms with Crippen LogP contribution in [-0.4, -0.2) is 83.9 Å². The zero-order valence-electron chi connectivity index (χ0n) is 34.7. The van der Waals surface area contributed by atoms with Gasteiger partial charge in [0, 0.05) is 71.0 Å². The Bertz CT molecular complexity index is 3420. The summed E-state index contributed by atoms with van der Waals surface area (Å²) in [6.45, 7) is 3.61. The first kappa shape index (κ1) is 40.2. The van der Waals surface area contributed by atoms with E-state index in [1.165, 1.54) is 0 Å². The fraction of sp³-hybridized carbons (Fsp3) is 0.156. The highest BCUT2D eigenvalue weighted by atomic mass is 16.2. The second kappa shape index (κ2) is 16.1. The Morgan fingerprint density at radius 1 is 0.769 bits per heavy atom. The third-order valence-electron chi connectivity index (χ3n) is 11.4. The monoisotopic (exact) mass is 866 g/mol. The van der Waals surface area contributed by atoms with Crippen LogP contribution in [0.5, 0.6) is 0 Å². The van der Waals surface area contributed by atoms with Crippen LogP contribution in [0.25, 0.3) is 84.0 Å². The van der Waals surface area contributed by atoms with E-state index in [2.05, 4.69) is 65.9 Å². The van der Waals surface area contributed by atoms with E-state index in [-0.39, 0.29) is 23.3 Å². The van der Waals surface area contributed by atoms with Crippen molar-refractivity contribution in [2.45, 2.75) is 39.0 Å². The topological polar surface area (TPSA) is 311 Å². The standard InChI is InChI=1S/C45H38N16O4/c1-3-33(62)54-32-10-8-22(16-49-32)24-13-29-38(59-61-41(29)50-17-24)44-55-34-21(7-9-28(40(47)64)36(34)57-44)11-20(2)45(65)52-26-12-23(15-48-19-26)25-14-30-37(58-60-42(30)51-18-25)43-53-31-6-4-5-27(39(46)63)35(31)56-43/h4-6,8-10,12-21H,3,7,11H2,1-2H3,(H2,46,63)(H2,47,64)(H,52,65)(H,53,56)(H,55,57)(H,49,54,62)(H,50,59,61)(H,51,58,60). The summed E-state index contributed by atoms with van der Waals surface area (Å²) >= 11 is 0. The SMILES string of the molecule is CCC(=O)Nc1ccc(-c2cnc3n[nH]c(-c4nc5c([nH]4)C(CC(C)C(=O)Nc4cncc(-c6cnc7n[nH]c(-c8nc9c(C(N)=O)cccc9[nH]8)c7c6)c4)CC=C5C(N)=O)c3c2)cn1. The lowest BCUT2D eigenvalue weighted by atomic mass is 9.84. The van der Waals surface area contributed by atoms with E-state index in [1.54, 1.807) is 68.2 Å². The number of hydrogen-bond donors (Lipinski definition) is 8. The van der Waals surface area contributed by atoms with Crippen molar-refractivity contribution in [2.75, 3.05) is 10.6 Å². The number of pyridine rings is 4.